The average molecular weight is 715 g/mol. The van der Waals surface area contributed by atoms with E-state index in [1.807, 2.05) is 30.3 Å². The first-order chi connectivity index (χ1) is 27.7. The van der Waals surface area contributed by atoms with Crippen LogP contribution in [0.25, 0.3) is 87.9 Å². The lowest BCUT2D eigenvalue weighted by Gasteiger charge is -2.26. The largest absolute Gasteiger partial charge is 0.435 e. The second-order valence-corrected chi connectivity index (χ2v) is 14.4. The van der Waals surface area contributed by atoms with Gasteiger partial charge < -0.3 is 9.32 Å². The Hall–Kier alpha value is -7.49. The van der Waals surface area contributed by atoms with Gasteiger partial charge in [-0.3, -0.25) is 0 Å². The number of fused-ring (bicyclic) bond motifs is 7. The molecule has 0 aliphatic heterocycles. The van der Waals surface area contributed by atoms with E-state index in [-0.39, 0.29) is 0 Å². The summed E-state index contributed by atoms with van der Waals surface area (Å²) in [5.41, 5.74) is 10.7. The molecule has 0 bridgehead atoms. The number of rotatable bonds is 6. The van der Waals surface area contributed by atoms with E-state index in [0.717, 1.165) is 50.1 Å². The first kappa shape index (κ1) is 32.0. The van der Waals surface area contributed by atoms with Gasteiger partial charge in [-0.2, -0.15) is 0 Å². The summed E-state index contributed by atoms with van der Waals surface area (Å²) in [6.07, 6.45) is 0. The fourth-order valence-electron chi connectivity index (χ4n) is 8.35. The van der Waals surface area contributed by atoms with Gasteiger partial charge in [0.1, 0.15) is 5.52 Å². The third-order valence-electron chi connectivity index (χ3n) is 11.0. The van der Waals surface area contributed by atoms with E-state index in [4.69, 9.17) is 9.40 Å². The molecule has 0 unspecified atom stereocenters. The van der Waals surface area contributed by atoms with Crippen molar-refractivity contribution in [3.05, 3.63) is 206 Å². The molecular weight excluding hydrogens is 681 g/mol. The molecule has 0 spiro atoms. The maximum Gasteiger partial charge on any atom is 0.227 e. The minimum Gasteiger partial charge on any atom is -0.435 e. The van der Waals surface area contributed by atoms with E-state index in [1.54, 1.807) is 0 Å². The van der Waals surface area contributed by atoms with Crippen LogP contribution in [0.5, 0.6) is 0 Å². The molecule has 0 radical (unpaired) electrons. The van der Waals surface area contributed by atoms with Crippen molar-refractivity contribution in [2.75, 3.05) is 4.90 Å². The monoisotopic (exact) mass is 714 g/mol. The molecule has 3 nitrogen and oxygen atoms in total. The number of nitrogens with zero attached hydrogens (tertiary/aromatic N) is 2. The van der Waals surface area contributed by atoms with Gasteiger partial charge in [0.25, 0.3) is 0 Å². The fraction of sp³-hybridized carbons (Fsp3) is 0. The number of hydrogen-bond acceptors (Lipinski definition) is 3. The summed E-state index contributed by atoms with van der Waals surface area (Å²) in [5.74, 6) is 0.638. The second kappa shape index (κ2) is 13.1. The molecule has 1 aromatic heterocycles. The summed E-state index contributed by atoms with van der Waals surface area (Å²) < 4.78 is 6.38. The van der Waals surface area contributed by atoms with Crippen LogP contribution in [0.15, 0.2) is 211 Å². The molecule has 262 valence electrons. The van der Waals surface area contributed by atoms with Gasteiger partial charge in [0.2, 0.25) is 5.89 Å². The molecule has 0 atom stereocenters. The molecule has 1 heterocycles. The van der Waals surface area contributed by atoms with Crippen LogP contribution in [0.1, 0.15) is 0 Å². The molecule has 10 aromatic carbocycles. The van der Waals surface area contributed by atoms with Crippen LogP contribution in [0.3, 0.4) is 0 Å². The fourth-order valence-corrected chi connectivity index (χ4v) is 8.35. The van der Waals surface area contributed by atoms with Crippen LogP contribution < -0.4 is 4.90 Å². The lowest BCUT2D eigenvalue weighted by atomic mass is 9.93. The van der Waals surface area contributed by atoms with E-state index in [2.05, 4.69) is 181 Å². The molecular formula is C53H34N2O. The highest BCUT2D eigenvalue weighted by molar-refractivity contribution is 6.14. The minimum absolute atomic E-state index is 0.638. The van der Waals surface area contributed by atoms with Crippen LogP contribution >= 0.6 is 0 Å². The molecule has 0 N–H and O–H groups in total. The Labute approximate surface area is 324 Å². The Morgan fingerprint density at radius 1 is 0.339 bits per heavy atom. The topological polar surface area (TPSA) is 29.3 Å². The third-order valence-corrected chi connectivity index (χ3v) is 11.0. The van der Waals surface area contributed by atoms with Crippen LogP contribution in [-0.2, 0) is 0 Å². The first-order valence-corrected chi connectivity index (χ1v) is 19.0. The first-order valence-electron chi connectivity index (χ1n) is 19.0. The molecule has 0 aliphatic carbocycles. The van der Waals surface area contributed by atoms with E-state index >= 15 is 0 Å². The van der Waals surface area contributed by atoms with Gasteiger partial charge in [0.05, 0.1) is 0 Å². The van der Waals surface area contributed by atoms with Gasteiger partial charge in [-0.1, -0.05) is 140 Å². The lowest BCUT2D eigenvalue weighted by molar-refractivity contribution is 0.623. The quantitative estimate of drug-likeness (QED) is 0.161. The molecule has 0 fully saturated rings. The second-order valence-electron chi connectivity index (χ2n) is 14.4. The number of benzene rings is 10. The van der Waals surface area contributed by atoms with Crippen molar-refractivity contribution in [2.24, 2.45) is 0 Å². The number of oxazole rings is 1. The van der Waals surface area contributed by atoms with Crippen molar-refractivity contribution in [3.63, 3.8) is 0 Å². The van der Waals surface area contributed by atoms with E-state index in [1.165, 1.54) is 49.0 Å². The van der Waals surface area contributed by atoms with Crippen LogP contribution in [0.4, 0.5) is 17.1 Å². The van der Waals surface area contributed by atoms with Crippen LogP contribution in [0, 0.1) is 0 Å². The molecule has 0 saturated carbocycles. The average Bonchev–Trinajstić information content (AvgIpc) is 3.72. The number of aromatic nitrogens is 1. The summed E-state index contributed by atoms with van der Waals surface area (Å²) >= 11 is 0. The van der Waals surface area contributed by atoms with Crippen molar-refractivity contribution < 1.29 is 4.42 Å². The van der Waals surface area contributed by atoms with Crippen LogP contribution in [-0.4, -0.2) is 4.98 Å². The highest BCUT2D eigenvalue weighted by Gasteiger charge is 2.17. The Morgan fingerprint density at radius 3 is 1.80 bits per heavy atom. The number of para-hydroxylation sites is 1. The van der Waals surface area contributed by atoms with Crippen molar-refractivity contribution in [2.45, 2.75) is 0 Å². The zero-order valence-electron chi connectivity index (χ0n) is 30.4. The summed E-state index contributed by atoms with van der Waals surface area (Å²) in [6.45, 7) is 0. The maximum absolute atomic E-state index is 6.38. The van der Waals surface area contributed by atoms with Gasteiger partial charge in [-0.15, -0.1) is 0 Å². The van der Waals surface area contributed by atoms with Crippen molar-refractivity contribution >= 4 is 71.3 Å². The molecule has 56 heavy (non-hydrogen) atoms. The van der Waals surface area contributed by atoms with Gasteiger partial charge in [0.15, 0.2) is 5.58 Å². The van der Waals surface area contributed by atoms with Gasteiger partial charge in [-0.25, -0.2) is 4.98 Å². The van der Waals surface area contributed by atoms with Crippen molar-refractivity contribution in [3.8, 4) is 33.7 Å². The van der Waals surface area contributed by atoms with Gasteiger partial charge in [-0.05, 0) is 127 Å². The van der Waals surface area contributed by atoms with Crippen LogP contribution in [0.2, 0.25) is 0 Å². The van der Waals surface area contributed by atoms with Crippen molar-refractivity contribution in [1.29, 1.82) is 0 Å². The van der Waals surface area contributed by atoms with E-state index in [0.29, 0.717) is 5.89 Å². The Kier molecular flexibility index (Phi) is 7.49. The van der Waals surface area contributed by atoms with Gasteiger partial charge >= 0.3 is 0 Å². The minimum atomic E-state index is 0.638. The highest BCUT2D eigenvalue weighted by Crippen LogP contribution is 2.41. The maximum atomic E-state index is 6.38. The van der Waals surface area contributed by atoms with Gasteiger partial charge in [0, 0.05) is 28.0 Å². The smallest absolute Gasteiger partial charge is 0.227 e. The standard InChI is InChI=1S/C53H34N2O/c1-3-12-36(13-4-1)53-54-51-31-30-48-45(20-11-21-49(48)52(51)56-53)40-23-22-38-33-43(29-26-37(38)32-40)55(41-15-5-2-6-16-41)42-27-24-35(25-28-42)50-34-39-14-7-8-17-44(39)46-18-9-10-19-47(46)50/h1-34H. The normalized spacial score (nSPS) is 11.6. The Bertz CT molecular complexity index is 3240. The molecule has 0 amide bonds. The lowest BCUT2D eigenvalue weighted by Crippen LogP contribution is -2.09. The predicted octanol–water partition coefficient (Wildman–Crippen LogP) is 14.9. The van der Waals surface area contributed by atoms with Crippen molar-refractivity contribution in [1.82, 2.24) is 4.98 Å². The Balaban J connectivity index is 0.967. The highest BCUT2D eigenvalue weighted by atomic mass is 16.3. The third kappa shape index (κ3) is 5.40. The summed E-state index contributed by atoms with van der Waals surface area (Å²) in [5, 5.41) is 9.63. The molecule has 3 heteroatoms. The SMILES string of the molecule is c1ccc(-c2nc3ccc4c(-c5ccc6cc(N(c7ccccc7)c7ccc(-c8cc9ccccc9c9ccccc89)cc7)ccc6c5)cccc4c3o2)cc1. The Morgan fingerprint density at radius 2 is 0.964 bits per heavy atom. The zero-order chi connectivity index (χ0) is 37.0. The predicted molar refractivity (Wildman–Crippen MR) is 235 cm³/mol. The summed E-state index contributed by atoms with van der Waals surface area (Å²) in [7, 11) is 0. The summed E-state index contributed by atoms with van der Waals surface area (Å²) in [6, 6.07) is 73.6. The van der Waals surface area contributed by atoms with E-state index < -0.39 is 0 Å². The summed E-state index contributed by atoms with van der Waals surface area (Å²) in [4.78, 5) is 7.15. The molecule has 0 saturated heterocycles. The molecule has 0 aliphatic rings. The zero-order valence-corrected chi connectivity index (χ0v) is 30.4. The molecule has 11 aromatic rings. The number of anilines is 3. The number of hydrogen-bond donors (Lipinski definition) is 0. The molecule has 11 rings (SSSR count). The van der Waals surface area contributed by atoms with E-state index in [9.17, 15) is 0 Å².